The van der Waals surface area contributed by atoms with Crippen LogP contribution in [0.25, 0.3) is 11.3 Å². The Bertz CT molecular complexity index is 810. The average molecular weight is 396 g/mol. The van der Waals surface area contributed by atoms with Crippen molar-refractivity contribution < 1.29 is 13.2 Å². The van der Waals surface area contributed by atoms with Crippen molar-refractivity contribution in [2.24, 2.45) is 0 Å². The molecule has 3 rings (SSSR count). The zero-order valence-corrected chi connectivity index (χ0v) is 16.9. The normalized spacial score (nSPS) is 16.7. The summed E-state index contributed by atoms with van der Waals surface area (Å²) >= 11 is 1.65. The number of hydrogen-bond donors (Lipinski definition) is 0. The number of methoxy groups -OCH3 is 1. The van der Waals surface area contributed by atoms with E-state index < -0.39 is 10.0 Å². The molecule has 1 aliphatic heterocycles. The predicted octanol–water partition coefficient (Wildman–Crippen LogP) is 2.68. The number of aromatic nitrogens is 1. The van der Waals surface area contributed by atoms with Crippen LogP contribution in [-0.4, -0.2) is 61.6 Å². The SMILES string of the molecule is CCCS(=O)(=O)N1CCN(Cc2nc(-c3ccc(OC)cc3)cs2)CC1. The standard InChI is InChI=1S/C18H25N3O3S2/c1-3-12-26(22,23)21-10-8-20(9-11-21)13-18-19-17(14-25-18)15-4-6-16(24-2)7-5-15/h4-7,14H,3,8-13H2,1-2H3. The monoisotopic (exact) mass is 395 g/mol. The minimum atomic E-state index is -3.08. The molecule has 0 aliphatic carbocycles. The zero-order chi connectivity index (χ0) is 18.6. The number of rotatable bonds is 7. The van der Waals surface area contributed by atoms with Crippen molar-refractivity contribution in [3.8, 4) is 17.0 Å². The summed E-state index contributed by atoms with van der Waals surface area (Å²) < 4.78 is 31.1. The summed E-state index contributed by atoms with van der Waals surface area (Å²) in [6.45, 7) is 5.30. The fourth-order valence-electron chi connectivity index (χ4n) is 3.02. The van der Waals surface area contributed by atoms with Crippen LogP contribution in [0, 0.1) is 0 Å². The maximum atomic E-state index is 12.1. The van der Waals surface area contributed by atoms with Gasteiger partial charge in [-0.1, -0.05) is 6.92 Å². The molecule has 0 spiro atoms. The van der Waals surface area contributed by atoms with Crippen LogP contribution in [0.3, 0.4) is 0 Å². The van der Waals surface area contributed by atoms with E-state index >= 15 is 0 Å². The van der Waals surface area contributed by atoms with Crippen molar-refractivity contribution in [1.82, 2.24) is 14.2 Å². The summed E-state index contributed by atoms with van der Waals surface area (Å²) in [6.07, 6.45) is 0.663. The minimum Gasteiger partial charge on any atom is -0.497 e. The summed E-state index contributed by atoms with van der Waals surface area (Å²) in [7, 11) is -1.43. The van der Waals surface area contributed by atoms with Crippen LogP contribution in [-0.2, 0) is 16.6 Å². The molecule has 0 saturated carbocycles. The second kappa shape index (κ2) is 8.47. The first-order valence-electron chi connectivity index (χ1n) is 8.81. The molecule has 2 aromatic rings. The van der Waals surface area contributed by atoms with Gasteiger partial charge in [0.1, 0.15) is 10.8 Å². The van der Waals surface area contributed by atoms with E-state index in [1.54, 1.807) is 22.8 Å². The van der Waals surface area contributed by atoms with Crippen LogP contribution in [0.1, 0.15) is 18.4 Å². The van der Waals surface area contributed by atoms with Gasteiger partial charge in [-0.3, -0.25) is 4.90 Å². The molecular weight excluding hydrogens is 370 g/mol. The van der Waals surface area contributed by atoms with Gasteiger partial charge in [0.15, 0.2) is 0 Å². The van der Waals surface area contributed by atoms with Crippen LogP contribution >= 0.6 is 11.3 Å². The smallest absolute Gasteiger partial charge is 0.214 e. The number of nitrogens with zero attached hydrogens (tertiary/aromatic N) is 3. The topological polar surface area (TPSA) is 62.7 Å². The maximum absolute atomic E-state index is 12.1. The van der Waals surface area contributed by atoms with E-state index in [9.17, 15) is 8.42 Å². The lowest BCUT2D eigenvalue weighted by Crippen LogP contribution is -2.48. The Morgan fingerprint density at radius 1 is 1.15 bits per heavy atom. The number of thiazole rings is 1. The highest BCUT2D eigenvalue weighted by Gasteiger charge is 2.26. The molecule has 1 aliphatic rings. The first-order chi connectivity index (χ1) is 12.5. The van der Waals surface area contributed by atoms with Crippen LogP contribution in [0.4, 0.5) is 0 Å². The molecule has 1 saturated heterocycles. The van der Waals surface area contributed by atoms with Gasteiger partial charge in [-0.05, 0) is 30.7 Å². The fraction of sp³-hybridized carbons (Fsp3) is 0.500. The molecule has 0 amide bonds. The molecule has 0 unspecified atom stereocenters. The van der Waals surface area contributed by atoms with Gasteiger partial charge in [0.25, 0.3) is 0 Å². The van der Waals surface area contributed by atoms with Crippen LogP contribution in [0.5, 0.6) is 5.75 Å². The van der Waals surface area contributed by atoms with Gasteiger partial charge < -0.3 is 4.74 Å². The highest BCUT2D eigenvalue weighted by Crippen LogP contribution is 2.25. The van der Waals surface area contributed by atoms with E-state index in [0.29, 0.717) is 19.5 Å². The van der Waals surface area contributed by atoms with Crippen molar-refractivity contribution in [3.05, 3.63) is 34.7 Å². The molecule has 0 bridgehead atoms. The molecule has 0 atom stereocenters. The Morgan fingerprint density at radius 2 is 1.85 bits per heavy atom. The van der Waals surface area contributed by atoms with Crippen LogP contribution in [0.2, 0.25) is 0 Å². The minimum absolute atomic E-state index is 0.241. The number of sulfonamides is 1. The van der Waals surface area contributed by atoms with Crippen molar-refractivity contribution in [2.45, 2.75) is 19.9 Å². The van der Waals surface area contributed by atoms with E-state index in [2.05, 4.69) is 10.3 Å². The van der Waals surface area contributed by atoms with Gasteiger partial charge >= 0.3 is 0 Å². The van der Waals surface area contributed by atoms with Gasteiger partial charge in [-0.15, -0.1) is 11.3 Å². The highest BCUT2D eigenvalue weighted by molar-refractivity contribution is 7.89. The molecule has 6 nitrogen and oxygen atoms in total. The predicted molar refractivity (Wildman–Crippen MR) is 105 cm³/mol. The van der Waals surface area contributed by atoms with E-state index in [-0.39, 0.29) is 5.75 Å². The molecule has 26 heavy (non-hydrogen) atoms. The Hall–Kier alpha value is -1.48. The van der Waals surface area contributed by atoms with Crippen molar-refractivity contribution in [2.75, 3.05) is 39.0 Å². The molecule has 1 fully saturated rings. The number of benzene rings is 1. The molecule has 1 aromatic heterocycles. The van der Waals surface area contributed by atoms with Crippen LogP contribution in [0.15, 0.2) is 29.6 Å². The summed E-state index contributed by atoms with van der Waals surface area (Å²) in [5, 5.41) is 3.12. The lowest BCUT2D eigenvalue weighted by atomic mass is 10.2. The molecule has 2 heterocycles. The van der Waals surface area contributed by atoms with Gasteiger partial charge in [0, 0.05) is 37.1 Å². The molecular formula is C18H25N3O3S2. The van der Waals surface area contributed by atoms with Crippen molar-refractivity contribution in [3.63, 3.8) is 0 Å². The van der Waals surface area contributed by atoms with Gasteiger partial charge in [0.2, 0.25) is 10.0 Å². The zero-order valence-electron chi connectivity index (χ0n) is 15.2. The molecule has 8 heteroatoms. The quantitative estimate of drug-likeness (QED) is 0.721. The summed E-state index contributed by atoms with van der Waals surface area (Å²) in [5.41, 5.74) is 2.04. The number of piperazine rings is 1. The molecule has 0 N–H and O–H groups in total. The van der Waals surface area contributed by atoms with Gasteiger partial charge in [0.05, 0.1) is 25.1 Å². The Kier molecular flexibility index (Phi) is 6.29. The van der Waals surface area contributed by atoms with E-state index in [4.69, 9.17) is 9.72 Å². The fourth-order valence-corrected chi connectivity index (χ4v) is 5.36. The maximum Gasteiger partial charge on any atom is 0.214 e. The second-order valence-corrected chi connectivity index (χ2v) is 9.38. The highest BCUT2D eigenvalue weighted by atomic mass is 32.2. The lowest BCUT2D eigenvalue weighted by molar-refractivity contribution is 0.181. The lowest BCUT2D eigenvalue weighted by Gasteiger charge is -2.33. The second-order valence-electron chi connectivity index (χ2n) is 6.35. The largest absolute Gasteiger partial charge is 0.497 e. The molecule has 0 radical (unpaired) electrons. The third-order valence-corrected chi connectivity index (χ3v) is 7.39. The van der Waals surface area contributed by atoms with E-state index in [1.807, 2.05) is 31.2 Å². The van der Waals surface area contributed by atoms with Gasteiger partial charge in [-0.2, -0.15) is 4.31 Å². The summed E-state index contributed by atoms with van der Waals surface area (Å²) in [4.78, 5) is 7.00. The Labute approximate surface area is 159 Å². The third kappa shape index (κ3) is 4.62. The Balaban J connectivity index is 1.57. The van der Waals surface area contributed by atoms with E-state index in [0.717, 1.165) is 41.6 Å². The molecule has 142 valence electrons. The first kappa shape index (κ1) is 19.3. The number of hydrogen-bond acceptors (Lipinski definition) is 6. The first-order valence-corrected chi connectivity index (χ1v) is 11.3. The van der Waals surface area contributed by atoms with E-state index in [1.165, 1.54) is 0 Å². The third-order valence-electron chi connectivity index (χ3n) is 4.48. The van der Waals surface area contributed by atoms with Crippen LogP contribution < -0.4 is 4.74 Å². The average Bonchev–Trinajstić information content (AvgIpc) is 3.11. The van der Waals surface area contributed by atoms with Crippen molar-refractivity contribution >= 4 is 21.4 Å². The molecule has 1 aromatic carbocycles. The van der Waals surface area contributed by atoms with Gasteiger partial charge in [-0.25, -0.2) is 13.4 Å². The summed E-state index contributed by atoms with van der Waals surface area (Å²) in [5.74, 6) is 1.07. The summed E-state index contributed by atoms with van der Waals surface area (Å²) in [6, 6.07) is 7.89. The van der Waals surface area contributed by atoms with Crippen molar-refractivity contribution in [1.29, 1.82) is 0 Å². The number of ether oxygens (including phenoxy) is 1. The Morgan fingerprint density at radius 3 is 2.46 bits per heavy atom.